The number of phenolic OH excluding ortho intramolecular Hbond substituents is 1. The van der Waals surface area contributed by atoms with Crippen molar-refractivity contribution >= 4 is 16.9 Å². The van der Waals surface area contributed by atoms with Crippen molar-refractivity contribution in [1.82, 2.24) is 9.66 Å². The van der Waals surface area contributed by atoms with Crippen LogP contribution in [0.3, 0.4) is 0 Å². The third-order valence-corrected chi connectivity index (χ3v) is 3.07. The molecule has 1 aromatic heterocycles. The van der Waals surface area contributed by atoms with Gasteiger partial charge in [-0.05, 0) is 31.2 Å². The molecule has 0 aliphatic carbocycles. The minimum atomic E-state index is -0.380. The number of aromatic nitrogens is 2. The molecular formula is C15H13N3O2. The van der Waals surface area contributed by atoms with E-state index in [-0.39, 0.29) is 17.2 Å². The van der Waals surface area contributed by atoms with Crippen LogP contribution in [0.25, 0.3) is 11.0 Å². The van der Waals surface area contributed by atoms with Gasteiger partial charge >= 0.3 is 0 Å². The quantitative estimate of drug-likeness (QED) is 0.749. The number of carbonyl (C=O) groups excluding carboxylic acids is 1. The van der Waals surface area contributed by atoms with Gasteiger partial charge in [-0.2, -0.15) is 0 Å². The minimum absolute atomic E-state index is 0.0440. The number of benzene rings is 2. The van der Waals surface area contributed by atoms with Crippen molar-refractivity contribution in [2.45, 2.75) is 6.92 Å². The number of fused-ring (bicyclic) bond motifs is 1. The van der Waals surface area contributed by atoms with Crippen molar-refractivity contribution in [1.29, 1.82) is 0 Å². The molecule has 2 N–H and O–H groups in total. The van der Waals surface area contributed by atoms with E-state index in [1.165, 1.54) is 12.4 Å². The van der Waals surface area contributed by atoms with E-state index >= 15 is 0 Å². The number of imidazole rings is 1. The number of rotatable bonds is 2. The summed E-state index contributed by atoms with van der Waals surface area (Å²) in [4.78, 5) is 16.4. The van der Waals surface area contributed by atoms with E-state index in [0.717, 1.165) is 16.6 Å². The highest BCUT2D eigenvalue weighted by molar-refractivity contribution is 6.03. The molecule has 0 aliphatic heterocycles. The Balaban J connectivity index is 1.94. The molecule has 0 saturated carbocycles. The fourth-order valence-corrected chi connectivity index (χ4v) is 2.05. The summed E-state index contributed by atoms with van der Waals surface area (Å²) < 4.78 is 1.54. The van der Waals surface area contributed by atoms with E-state index in [4.69, 9.17) is 0 Å². The first-order chi connectivity index (χ1) is 9.65. The average Bonchev–Trinajstić information content (AvgIpc) is 2.85. The standard InChI is InChI=1S/C15H13N3O2/c1-10-6-7-14(19)11(8-10)15(20)17-18-9-16-12-4-2-3-5-13(12)18/h2-9,19H,1H3,(H,17,20). The lowest BCUT2D eigenvalue weighted by Gasteiger charge is -2.09. The first kappa shape index (κ1) is 12.2. The molecule has 3 aromatic rings. The molecule has 5 heteroatoms. The van der Waals surface area contributed by atoms with E-state index in [9.17, 15) is 9.90 Å². The summed E-state index contributed by atoms with van der Waals surface area (Å²) in [6.07, 6.45) is 1.54. The lowest BCUT2D eigenvalue weighted by Crippen LogP contribution is -2.22. The lowest BCUT2D eigenvalue weighted by molar-refractivity contribution is 0.101. The molecule has 0 fully saturated rings. The van der Waals surface area contributed by atoms with Gasteiger partial charge in [0.1, 0.15) is 12.1 Å². The summed E-state index contributed by atoms with van der Waals surface area (Å²) in [5.41, 5.74) is 5.44. The van der Waals surface area contributed by atoms with Crippen LogP contribution in [0.2, 0.25) is 0 Å². The molecule has 0 radical (unpaired) electrons. The highest BCUT2D eigenvalue weighted by Crippen LogP contribution is 2.19. The van der Waals surface area contributed by atoms with Gasteiger partial charge in [-0.25, -0.2) is 9.66 Å². The summed E-state index contributed by atoms with van der Waals surface area (Å²) in [5, 5.41) is 9.76. The van der Waals surface area contributed by atoms with Gasteiger partial charge in [0.15, 0.2) is 0 Å². The van der Waals surface area contributed by atoms with Crippen LogP contribution in [-0.4, -0.2) is 20.7 Å². The molecular weight excluding hydrogens is 254 g/mol. The normalized spacial score (nSPS) is 10.7. The van der Waals surface area contributed by atoms with Crippen molar-refractivity contribution < 1.29 is 9.90 Å². The second-order valence-electron chi connectivity index (χ2n) is 4.56. The van der Waals surface area contributed by atoms with Gasteiger partial charge in [0.05, 0.1) is 16.6 Å². The Labute approximate surface area is 115 Å². The Kier molecular flexibility index (Phi) is 2.87. The zero-order chi connectivity index (χ0) is 14.1. The molecule has 0 aliphatic rings. The molecule has 0 bridgehead atoms. The van der Waals surface area contributed by atoms with Crippen molar-refractivity contribution in [2.24, 2.45) is 0 Å². The molecule has 3 rings (SSSR count). The maximum absolute atomic E-state index is 12.2. The second-order valence-corrected chi connectivity index (χ2v) is 4.56. The van der Waals surface area contributed by atoms with E-state index in [1.807, 2.05) is 31.2 Å². The summed E-state index contributed by atoms with van der Waals surface area (Å²) in [6, 6.07) is 12.4. The first-order valence-corrected chi connectivity index (χ1v) is 6.18. The number of phenols is 1. The highest BCUT2D eigenvalue weighted by atomic mass is 16.3. The predicted molar refractivity (Wildman–Crippen MR) is 76.3 cm³/mol. The third-order valence-electron chi connectivity index (χ3n) is 3.07. The second kappa shape index (κ2) is 4.70. The largest absolute Gasteiger partial charge is 0.507 e. The maximum Gasteiger partial charge on any atom is 0.273 e. The van der Waals surface area contributed by atoms with E-state index in [1.54, 1.807) is 16.8 Å². The Hall–Kier alpha value is -2.82. The number of amides is 1. The number of nitrogens with one attached hydrogen (secondary N) is 1. The number of hydrogen-bond donors (Lipinski definition) is 2. The summed E-state index contributed by atoms with van der Waals surface area (Å²) >= 11 is 0. The van der Waals surface area contributed by atoms with Gasteiger partial charge in [-0.1, -0.05) is 23.8 Å². The van der Waals surface area contributed by atoms with Crippen molar-refractivity contribution in [2.75, 3.05) is 5.43 Å². The predicted octanol–water partition coefficient (Wildman–Crippen LogP) is 2.43. The van der Waals surface area contributed by atoms with Crippen LogP contribution in [0.15, 0.2) is 48.8 Å². The fourth-order valence-electron chi connectivity index (χ4n) is 2.05. The molecule has 0 saturated heterocycles. The Morgan fingerprint density at radius 1 is 1.25 bits per heavy atom. The molecule has 0 atom stereocenters. The van der Waals surface area contributed by atoms with Crippen LogP contribution in [0, 0.1) is 6.92 Å². The van der Waals surface area contributed by atoms with Gasteiger partial charge in [0, 0.05) is 0 Å². The van der Waals surface area contributed by atoms with Crippen LogP contribution in [0.1, 0.15) is 15.9 Å². The maximum atomic E-state index is 12.2. The zero-order valence-electron chi connectivity index (χ0n) is 10.9. The number of aromatic hydroxyl groups is 1. The van der Waals surface area contributed by atoms with E-state index in [0.29, 0.717) is 0 Å². The molecule has 1 heterocycles. The summed E-state index contributed by atoms with van der Waals surface area (Å²) in [7, 11) is 0. The average molecular weight is 267 g/mol. The van der Waals surface area contributed by atoms with Gasteiger partial charge in [-0.3, -0.25) is 10.2 Å². The molecule has 0 unspecified atom stereocenters. The monoisotopic (exact) mass is 267 g/mol. The zero-order valence-corrected chi connectivity index (χ0v) is 10.9. The molecule has 100 valence electrons. The first-order valence-electron chi connectivity index (χ1n) is 6.18. The number of hydrogen-bond acceptors (Lipinski definition) is 3. The summed E-state index contributed by atoms with van der Waals surface area (Å²) in [5.74, 6) is -0.424. The molecule has 20 heavy (non-hydrogen) atoms. The van der Waals surface area contributed by atoms with Gasteiger partial charge in [0.25, 0.3) is 5.91 Å². The topological polar surface area (TPSA) is 67.2 Å². The number of nitrogens with zero attached hydrogens (tertiary/aromatic N) is 2. The van der Waals surface area contributed by atoms with Crippen LogP contribution in [0.4, 0.5) is 0 Å². The van der Waals surface area contributed by atoms with Crippen molar-refractivity contribution in [3.05, 3.63) is 59.9 Å². The van der Waals surface area contributed by atoms with Crippen molar-refractivity contribution in [3.8, 4) is 5.75 Å². The van der Waals surface area contributed by atoms with Crippen molar-refractivity contribution in [3.63, 3.8) is 0 Å². The van der Waals surface area contributed by atoms with Gasteiger partial charge < -0.3 is 5.11 Å². The fraction of sp³-hybridized carbons (Fsp3) is 0.0667. The lowest BCUT2D eigenvalue weighted by atomic mass is 10.1. The van der Waals surface area contributed by atoms with Crippen LogP contribution in [0.5, 0.6) is 5.75 Å². The smallest absolute Gasteiger partial charge is 0.273 e. The summed E-state index contributed by atoms with van der Waals surface area (Å²) in [6.45, 7) is 1.86. The third kappa shape index (κ3) is 2.09. The van der Waals surface area contributed by atoms with Gasteiger partial charge in [0.2, 0.25) is 0 Å². The Bertz CT molecular complexity index is 793. The van der Waals surface area contributed by atoms with E-state index in [2.05, 4.69) is 10.4 Å². The van der Waals surface area contributed by atoms with E-state index < -0.39 is 0 Å². The highest BCUT2D eigenvalue weighted by Gasteiger charge is 2.12. The SMILES string of the molecule is Cc1ccc(O)c(C(=O)Nn2cnc3ccccc32)c1. The Morgan fingerprint density at radius 2 is 2.05 bits per heavy atom. The number of aryl methyl sites for hydroxylation is 1. The Morgan fingerprint density at radius 3 is 2.90 bits per heavy atom. The minimum Gasteiger partial charge on any atom is -0.507 e. The van der Waals surface area contributed by atoms with Crippen LogP contribution in [-0.2, 0) is 0 Å². The molecule has 2 aromatic carbocycles. The molecule has 5 nitrogen and oxygen atoms in total. The molecule has 0 spiro atoms. The number of para-hydroxylation sites is 2. The molecule has 1 amide bonds. The van der Waals surface area contributed by atoms with Gasteiger partial charge in [-0.15, -0.1) is 0 Å². The van der Waals surface area contributed by atoms with Crippen LogP contribution >= 0.6 is 0 Å². The van der Waals surface area contributed by atoms with Crippen LogP contribution < -0.4 is 5.43 Å². The number of carbonyl (C=O) groups is 1.